The molecular formula is C42H56N2O4S4. The third kappa shape index (κ3) is 16.5. The number of esters is 2. The molecule has 10 heteroatoms. The minimum Gasteiger partial charge on any atom is -0.430 e. The molecule has 2 saturated heterocycles. The topological polar surface area (TPSA) is 59.1 Å². The SMILES string of the molecule is CN(CC#CCCC1(OC(=O)C(=O)OC2(CCC#CCN(C)CCCCc3ccccc3)SCCCS2)SCCCS1)CCCCc1ccccc1. The summed E-state index contributed by atoms with van der Waals surface area (Å²) in [5, 5.41) is 0. The first-order valence-electron chi connectivity index (χ1n) is 18.8. The standard InChI is InChI=1S/C42H56N2O4S4/c1-43(31-17-11-25-37-21-7-3-8-22-37)29-15-5-13-27-41(49-33-19-34-50-41)47-39(45)40(46)48-42(51-35-20-36-52-42)28-14-6-16-30-44(2)32-18-12-26-38-23-9-4-10-24-38/h3-4,7-10,21-24H,11-14,17-20,25-36H2,1-2H3. The van der Waals surface area contributed by atoms with Crippen LogP contribution < -0.4 is 0 Å². The van der Waals surface area contributed by atoms with Crippen LogP contribution in [0.3, 0.4) is 0 Å². The minimum absolute atomic E-state index is 0.570. The summed E-state index contributed by atoms with van der Waals surface area (Å²) in [7, 11) is 4.21. The average molecular weight is 781 g/mol. The van der Waals surface area contributed by atoms with E-state index in [4.69, 9.17) is 9.47 Å². The van der Waals surface area contributed by atoms with Gasteiger partial charge in [-0.2, -0.15) is 0 Å². The summed E-state index contributed by atoms with van der Waals surface area (Å²) < 4.78 is 10.3. The van der Waals surface area contributed by atoms with Crippen LogP contribution in [0.5, 0.6) is 0 Å². The van der Waals surface area contributed by atoms with Crippen LogP contribution in [0, 0.1) is 23.7 Å². The van der Waals surface area contributed by atoms with Gasteiger partial charge in [0.1, 0.15) is 0 Å². The molecule has 2 aliphatic heterocycles. The number of carbonyl (C=O) groups is 2. The monoisotopic (exact) mass is 780 g/mol. The first-order chi connectivity index (χ1) is 25.4. The Bertz CT molecular complexity index is 1350. The first kappa shape index (κ1) is 42.6. The van der Waals surface area contributed by atoms with Crippen molar-refractivity contribution in [2.24, 2.45) is 0 Å². The Kier molecular flexibility index (Phi) is 19.9. The van der Waals surface area contributed by atoms with Crippen molar-refractivity contribution >= 4 is 59.0 Å². The summed E-state index contributed by atoms with van der Waals surface area (Å²) in [5.74, 6) is 14.9. The molecule has 0 N–H and O–H groups in total. The fourth-order valence-corrected chi connectivity index (χ4v) is 11.8. The number of nitrogens with zero attached hydrogens (tertiary/aromatic N) is 2. The van der Waals surface area contributed by atoms with Gasteiger partial charge in [-0.15, -0.1) is 58.9 Å². The van der Waals surface area contributed by atoms with E-state index in [1.165, 1.54) is 11.1 Å². The minimum atomic E-state index is -0.906. The molecule has 0 radical (unpaired) electrons. The molecule has 6 nitrogen and oxygen atoms in total. The maximum atomic E-state index is 13.2. The Balaban J connectivity index is 1.17. The molecule has 2 fully saturated rings. The van der Waals surface area contributed by atoms with Gasteiger partial charge < -0.3 is 9.47 Å². The molecule has 0 saturated carbocycles. The fourth-order valence-electron chi connectivity index (χ4n) is 5.85. The van der Waals surface area contributed by atoms with Crippen molar-refractivity contribution in [3.05, 3.63) is 71.8 Å². The van der Waals surface area contributed by atoms with Gasteiger partial charge >= 0.3 is 11.9 Å². The summed E-state index contributed by atoms with van der Waals surface area (Å²) in [6.07, 6.45) is 11.2. The quantitative estimate of drug-likeness (QED) is 0.0637. The molecule has 0 spiro atoms. The van der Waals surface area contributed by atoms with Gasteiger partial charge in [-0.25, -0.2) is 9.59 Å². The number of ether oxygens (including phenoxy) is 2. The number of carbonyl (C=O) groups excluding carboxylic acids is 2. The van der Waals surface area contributed by atoms with E-state index in [1.54, 1.807) is 47.0 Å². The van der Waals surface area contributed by atoms with Crippen molar-refractivity contribution in [2.45, 2.75) is 85.6 Å². The molecule has 4 rings (SSSR count). The maximum Gasteiger partial charge on any atom is 0.419 e. The number of aryl methyl sites for hydroxylation is 2. The molecule has 2 aliphatic rings. The van der Waals surface area contributed by atoms with Crippen molar-refractivity contribution in [3.63, 3.8) is 0 Å². The summed E-state index contributed by atoms with van der Waals surface area (Å²) in [6, 6.07) is 21.2. The van der Waals surface area contributed by atoms with Gasteiger partial charge in [-0.1, -0.05) is 72.5 Å². The third-order valence-electron chi connectivity index (χ3n) is 8.78. The Morgan fingerprint density at radius 1 is 0.596 bits per heavy atom. The van der Waals surface area contributed by atoms with Crippen LogP contribution in [-0.2, 0) is 31.9 Å². The van der Waals surface area contributed by atoms with E-state index in [9.17, 15) is 9.59 Å². The van der Waals surface area contributed by atoms with E-state index < -0.39 is 20.5 Å². The number of rotatable bonds is 18. The smallest absolute Gasteiger partial charge is 0.419 e. The largest absolute Gasteiger partial charge is 0.430 e. The van der Waals surface area contributed by atoms with E-state index in [-0.39, 0.29) is 0 Å². The zero-order chi connectivity index (χ0) is 36.7. The Morgan fingerprint density at radius 3 is 1.37 bits per heavy atom. The van der Waals surface area contributed by atoms with Crippen LogP contribution in [0.1, 0.15) is 75.3 Å². The lowest BCUT2D eigenvalue weighted by molar-refractivity contribution is -0.171. The van der Waals surface area contributed by atoms with E-state index >= 15 is 0 Å². The van der Waals surface area contributed by atoms with Crippen LogP contribution >= 0.6 is 47.0 Å². The zero-order valence-electron chi connectivity index (χ0n) is 31.1. The van der Waals surface area contributed by atoms with E-state index in [2.05, 4.69) is 108 Å². The highest BCUT2D eigenvalue weighted by Gasteiger charge is 2.43. The van der Waals surface area contributed by atoms with Crippen LogP contribution in [0.25, 0.3) is 0 Å². The summed E-state index contributed by atoms with van der Waals surface area (Å²) >= 11 is 6.42. The van der Waals surface area contributed by atoms with Gasteiger partial charge in [0, 0.05) is 25.7 Å². The average Bonchev–Trinajstić information content (AvgIpc) is 3.16. The predicted molar refractivity (Wildman–Crippen MR) is 224 cm³/mol. The highest BCUT2D eigenvalue weighted by molar-refractivity contribution is 8.19. The molecule has 282 valence electrons. The highest BCUT2D eigenvalue weighted by Crippen LogP contribution is 2.48. The van der Waals surface area contributed by atoms with Crippen LogP contribution in [0.15, 0.2) is 60.7 Å². The third-order valence-corrected chi connectivity index (χ3v) is 15.1. The molecule has 0 amide bonds. The molecule has 0 aliphatic carbocycles. The summed E-state index contributed by atoms with van der Waals surface area (Å²) in [5.41, 5.74) is 2.77. The number of unbranched alkanes of at least 4 members (excludes halogenated alkanes) is 2. The fraction of sp³-hybridized carbons (Fsp3) is 0.571. The molecule has 2 aromatic carbocycles. The molecule has 0 atom stereocenters. The normalized spacial score (nSPS) is 16.3. The van der Waals surface area contributed by atoms with Crippen molar-refractivity contribution < 1.29 is 19.1 Å². The van der Waals surface area contributed by atoms with E-state index in [0.717, 1.165) is 87.5 Å². The molecule has 52 heavy (non-hydrogen) atoms. The number of benzene rings is 2. The van der Waals surface area contributed by atoms with Gasteiger partial charge in [-0.05, 0) is 113 Å². The Hall–Kier alpha value is -2.18. The number of hydrogen-bond acceptors (Lipinski definition) is 10. The van der Waals surface area contributed by atoms with Crippen LogP contribution in [-0.4, -0.2) is 93.6 Å². The Labute approximate surface area is 330 Å². The molecule has 2 heterocycles. The van der Waals surface area contributed by atoms with Gasteiger partial charge in [0.05, 0.1) is 13.1 Å². The lowest BCUT2D eigenvalue weighted by Crippen LogP contribution is -2.39. The second-order valence-electron chi connectivity index (χ2n) is 13.3. The Morgan fingerprint density at radius 2 is 0.981 bits per heavy atom. The van der Waals surface area contributed by atoms with Gasteiger partial charge in [0.25, 0.3) is 0 Å². The van der Waals surface area contributed by atoms with Crippen LogP contribution in [0.4, 0.5) is 0 Å². The van der Waals surface area contributed by atoms with E-state index in [0.29, 0.717) is 38.8 Å². The molecular weight excluding hydrogens is 725 g/mol. The van der Waals surface area contributed by atoms with Crippen molar-refractivity contribution in [2.75, 3.05) is 63.3 Å². The second-order valence-corrected chi connectivity index (χ2v) is 19.3. The maximum absolute atomic E-state index is 13.2. The van der Waals surface area contributed by atoms with Gasteiger partial charge in [-0.3, -0.25) is 9.80 Å². The van der Waals surface area contributed by atoms with Gasteiger partial charge in [0.2, 0.25) is 8.53 Å². The molecule has 0 bridgehead atoms. The summed E-state index contributed by atoms with van der Waals surface area (Å²) in [6.45, 7) is 3.43. The summed E-state index contributed by atoms with van der Waals surface area (Å²) in [4.78, 5) is 31.0. The zero-order valence-corrected chi connectivity index (χ0v) is 34.3. The molecule has 2 aromatic rings. The van der Waals surface area contributed by atoms with E-state index in [1.807, 2.05) is 0 Å². The van der Waals surface area contributed by atoms with Gasteiger partial charge in [0.15, 0.2) is 0 Å². The van der Waals surface area contributed by atoms with Crippen LogP contribution in [0.2, 0.25) is 0 Å². The molecule has 0 aromatic heterocycles. The number of thioether (sulfide) groups is 4. The van der Waals surface area contributed by atoms with Crippen molar-refractivity contribution in [3.8, 4) is 23.7 Å². The second kappa shape index (κ2) is 24.3. The van der Waals surface area contributed by atoms with Crippen molar-refractivity contribution in [1.82, 2.24) is 9.80 Å². The predicted octanol–water partition coefficient (Wildman–Crippen LogP) is 8.60. The van der Waals surface area contributed by atoms with Crippen molar-refractivity contribution in [1.29, 1.82) is 0 Å². The highest BCUT2D eigenvalue weighted by atomic mass is 32.2. The number of hydrogen-bond donors (Lipinski definition) is 0. The lowest BCUT2D eigenvalue weighted by atomic mass is 10.1. The molecule has 0 unspecified atom stereocenters. The lowest BCUT2D eigenvalue weighted by Gasteiger charge is -2.36. The first-order valence-corrected chi connectivity index (χ1v) is 22.7.